The third kappa shape index (κ3) is 3.38. The normalized spacial score (nSPS) is 17.3. The monoisotopic (exact) mass is 286 g/mol. The number of benzene rings is 1. The Morgan fingerprint density at radius 3 is 2.71 bits per heavy atom. The Labute approximate surface area is 126 Å². The fourth-order valence-corrected chi connectivity index (χ4v) is 2.82. The summed E-state index contributed by atoms with van der Waals surface area (Å²) in [4.78, 5) is 8.14. The molecule has 0 radical (unpaired) electrons. The van der Waals surface area contributed by atoms with Crippen molar-refractivity contribution >= 4 is 16.7 Å². The number of nitrogens with zero attached hydrogens (tertiary/aromatic N) is 1. The van der Waals surface area contributed by atoms with Crippen LogP contribution in [0.4, 0.5) is 5.69 Å². The number of H-pyrrole nitrogens is 1. The Morgan fingerprint density at radius 1 is 1.24 bits per heavy atom. The number of nitrogens with one attached hydrogen (secondary N) is 3. The summed E-state index contributed by atoms with van der Waals surface area (Å²) in [7, 11) is 0. The summed E-state index contributed by atoms with van der Waals surface area (Å²) in [5.74, 6) is 1.84. The molecule has 1 aliphatic heterocycles. The highest BCUT2D eigenvalue weighted by atomic mass is 14.9. The first-order valence-corrected chi connectivity index (χ1v) is 7.97. The van der Waals surface area contributed by atoms with E-state index in [1.165, 1.54) is 18.5 Å². The summed E-state index contributed by atoms with van der Waals surface area (Å²) >= 11 is 0. The number of hydrogen-bond donors (Lipinski definition) is 3. The Bertz CT molecular complexity index is 603. The predicted molar refractivity (Wildman–Crippen MR) is 88.9 cm³/mol. The molecule has 0 atom stereocenters. The van der Waals surface area contributed by atoms with E-state index in [1.54, 1.807) is 0 Å². The minimum atomic E-state index is 0.0573. The lowest BCUT2D eigenvalue weighted by molar-refractivity contribution is 0.390. The maximum Gasteiger partial charge on any atom is 0.112 e. The number of aromatic nitrogens is 2. The molecular weight excluding hydrogens is 260 g/mol. The second-order valence-electron chi connectivity index (χ2n) is 7.14. The van der Waals surface area contributed by atoms with Crippen LogP contribution in [0.25, 0.3) is 11.0 Å². The fraction of sp³-hybridized carbons (Fsp3) is 0.588. The Kier molecular flexibility index (Phi) is 3.89. The molecule has 4 heteroatoms. The molecule has 114 valence electrons. The lowest BCUT2D eigenvalue weighted by Gasteiger charge is -2.23. The van der Waals surface area contributed by atoms with Crippen molar-refractivity contribution in [3.05, 3.63) is 24.0 Å². The molecule has 3 rings (SSSR count). The van der Waals surface area contributed by atoms with Crippen molar-refractivity contribution in [2.24, 2.45) is 5.92 Å². The maximum absolute atomic E-state index is 4.68. The standard InChI is InChI=1S/C17H26N4/c1-17(2,3)16-20-14-5-4-13(10-15(14)21-16)19-11-12-6-8-18-9-7-12/h4-5,10,12,18-19H,6-9,11H2,1-3H3,(H,20,21). The summed E-state index contributed by atoms with van der Waals surface area (Å²) in [6, 6.07) is 6.42. The van der Waals surface area contributed by atoms with Crippen LogP contribution in [0.5, 0.6) is 0 Å². The van der Waals surface area contributed by atoms with Gasteiger partial charge < -0.3 is 15.6 Å². The smallest absolute Gasteiger partial charge is 0.112 e. The molecule has 1 aromatic carbocycles. The molecule has 0 saturated carbocycles. The molecule has 0 aliphatic carbocycles. The predicted octanol–water partition coefficient (Wildman–Crippen LogP) is 3.27. The van der Waals surface area contributed by atoms with E-state index in [2.05, 4.69) is 59.6 Å². The van der Waals surface area contributed by atoms with Gasteiger partial charge in [0.1, 0.15) is 5.82 Å². The van der Waals surface area contributed by atoms with Gasteiger partial charge in [-0.25, -0.2) is 4.98 Å². The number of hydrogen-bond acceptors (Lipinski definition) is 3. The van der Waals surface area contributed by atoms with Crippen LogP contribution < -0.4 is 10.6 Å². The minimum Gasteiger partial charge on any atom is -0.385 e. The molecule has 2 aromatic rings. The fourth-order valence-electron chi connectivity index (χ4n) is 2.82. The number of aromatic amines is 1. The van der Waals surface area contributed by atoms with Gasteiger partial charge in [0.05, 0.1) is 11.0 Å². The molecule has 2 heterocycles. The van der Waals surface area contributed by atoms with E-state index in [0.29, 0.717) is 0 Å². The molecule has 21 heavy (non-hydrogen) atoms. The van der Waals surface area contributed by atoms with Gasteiger partial charge in [0.2, 0.25) is 0 Å². The first-order valence-electron chi connectivity index (χ1n) is 7.97. The number of fused-ring (bicyclic) bond motifs is 1. The number of anilines is 1. The van der Waals surface area contributed by atoms with Gasteiger partial charge >= 0.3 is 0 Å². The first-order chi connectivity index (χ1) is 10.0. The molecule has 0 amide bonds. The minimum absolute atomic E-state index is 0.0573. The van der Waals surface area contributed by atoms with E-state index in [1.807, 2.05) is 0 Å². The molecule has 4 nitrogen and oxygen atoms in total. The molecule has 1 fully saturated rings. The van der Waals surface area contributed by atoms with Gasteiger partial charge in [0, 0.05) is 17.6 Å². The zero-order valence-electron chi connectivity index (χ0n) is 13.3. The van der Waals surface area contributed by atoms with E-state index in [4.69, 9.17) is 0 Å². The largest absolute Gasteiger partial charge is 0.385 e. The van der Waals surface area contributed by atoms with Gasteiger partial charge in [-0.1, -0.05) is 20.8 Å². The highest BCUT2D eigenvalue weighted by molar-refractivity contribution is 5.79. The highest BCUT2D eigenvalue weighted by Crippen LogP contribution is 2.24. The molecule has 0 bridgehead atoms. The van der Waals surface area contributed by atoms with Gasteiger partial charge in [-0.3, -0.25) is 0 Å². The molecule has 1 aliphatic rings. The van der Waals surface area contributed by atoms with Crippen LogP contribution in [0.15, 0.2) is 18.2 Å². The van der Waals surface area contributed by atoms with Crippen LogP contribution in [-0.4, -0.2) is 29.6 Å². The topological polar surface area (TPSA) is 52.7 Å². The SMILES string of the molecule is CC(C)(C)c1nc2ccc(NCC3CCNCC3)cc2[nH]1. The summed E-state index contributed by atoms with van der Waals surface area (Å²) in [6.07, 6.45) is 2.54. The van der Waals surface area contributed by atoms with Crippen molar-refractivity contribution in [3.8, 4) is 0 Å². The van der Waals surface area contributed by atoms with Crippen molar-refractivity contribution in [3.63, 3.8) is 0 Å². The summed E-state index contributed by atoms with van der Waals surface area (Å²) in [6.45, 7) is 9.91. The van der Waals surface area contributed by atoms with Gasteiger partial charge in [0.25, 0.3) is 0 Å². The number of imidazole rings is 1. The third-order valence-electron chi connectivity index (χ3n) is 4.25. The van der Waals surface area contributed by atoms with Gasteiger partial charge in [0.15, 0.2) is 0 Å². The quantitative estimate of drug-likeness (QED) is 0.811. The van der Waals surface area contributed by atoms with E-state index in [0.717, 1.165) is 42.4 Å². The number of piperidine rings is 1. The van der Waals surface area contributed by atoms with Crippen LogP contribution in [0.3, 0.4) is 0 Å². The van der Waals surface area contributed by atoms with Crippen molar-refractivity contribution in [1.82, 2.24) is 15.3 Å². The summed E-state index contributed by atoms with van der Waals surface area (Å²) in [5.41, 5.74) is 3.41. The van der Waals surface area contributed by atoms with Crippen LogP contribution >= 0.6 is 0 Å². The first kappa shape index (κ1) is 14.4. The van der Waals surface area contributed by atoms with E-state index in [-0.39, 0.29) is 5.41 Å². The summed E-state index contributed by atoms with van der Waals surface area (Å²) < 4.78 is 0. The van der Waals surface area contributed by atoms with Crippen LogP contribution in [0, 0.1) is 5.92 Å². The molecular formula is C17H26N4. The van der Waals surface area contributed by atoms with Crippen molar-refractivity contribution in [2.45, 2.75) is 39.0 Å². The lowest BCUT2D eigenvalue weighted by Crippen LogP contribution is -2.31. The van der Waals surface area contributed by atoms with Crippen LogP contribution in [0.1, 0.15) is 39.4 Å². The molecule has 1 saturated heterocycles. The third-order valence-corrected chi connectivity index (χ3v) is 4.25. The molecule has 0 spiro atoms. The van der Waals surface area contributed by atoms with Gasteiger partial charge in [-0.2, -0.15) is 0 Å². The van der Waals surface area contributed by atoms with Crippen molar-refractivity contribution in [1.29, 1.82) is 0 Å². The van der Waals surface area contributed by atoms with Crippen molar-refractivity contribution < 1.29 is 0 Å². The Morgan fingerprint density at radius 2 is 2.00 bits per heavy atom. The van der Waals surface area contributed by atoms with Crippen molar-refractivity contribution in [2.75, 3.05) is 25.0 Å². The zero-order chi connectivity index (χ0) is 14.9. The van der Waals surface area contributed by atoms with Gasteiger partial charge in [-0.15, -0.1) is 0 Å². The van der Waals surface area contributed by atoms with Gasteiger partial charge in [-0.05, 0) is 50.0 Å². The van der Waals surface area contributed by atoms with E-state index in [9.17, 15) is 0 Å². The average molecular weight is 286 g/mol. The second kappa shape index (κ2) is 5.68. The zero-order valence-corrected chi connectivity index (χ0v) is 13.3. The lowest BCUT2D eigenvalue weighted by atomic mass is 9.96. The Hall–Kier alpha value is -1.55. The van der Waals surface area contributed by atoms with E-state index < -0.39 is 0 Å². The maximum atomic E-state index is 4.68. The highest BCUT2D eigenvalue weighted by Gasteiger charge is 2.18. The number of rotatable bonds is 3. The average Bonchev–Trinajstić information content (AvgIpc) is 2.89. The molecule has 3 N–H and O–H groups in total. The summed E-state index contributed by atoms with van der Waals surface area (Å²) in [5, 5.41) is 6.99. The van der Waals surface area contributed by atoms with E-state index >= 15 is 0 Å². The molecule has 1 aromatic heterocycles. The molecule has 0 unspecified atom stereocenters. The van der Waals surface area contributed by atoms with Crippen LogP contribution in [0.2, 0.25) is 0 Å². The Balaban J connectivity index is 1.71. The second-order valence-corrected chi connectivity index (χ2v) is 7.14. The van der Waals surface area contributed by atoms with Crippen LogP contribution in [-0.2, 0) is 5.41 Å².